The zero-order valence-electron chi connectivity index (χ0n) is 8.69. The number of aromatic carboxylic acids is 1. The Morgan fingerprint density at radius 2 is 2.44 bits per heavy atom. The minimum absolute atomic E-state index is 0.224. The van der Waals surface area contributed by atoms with E-state index >= 15 is 0 Å². The van der Waals surface area contributed by atoms with Crippen LogP contribution >= 0.6 is 11.3 Å². The Bertz CT molecular complexity index is 487. The zero-order chi connectivity index (χ0) is 11.5. The number of anilines is 1. The van der Waals surface area contributed by atoms with Crippen molar-refractivity contribution >= 4 is 23.0 Å². The summed E-state index contributed by atoms with van der Waals surface area (Å²) in [5.41, 5.74) is 1.23. The second-order valence-electron chi connectivity index (χ2n) is 3.35. The molecule has 0 bridgehead atoms. The van der Waals surface area contributed by atoms with E-state index in [1.54, 1.807) is 24.3 Å². The summed E-state index contributed by atoms with van der Waals surface area (Å²) in [7, 11) is 0. The van der Waals surface area contributed by atoms with Gasteiger partial charge in [0.1, 0.15) is 17.1 Å². The van der Waals surface area contributed by atoms with Crippen molar-refractivity contribution < 1.29 is 14.3 Å². The van der Waals surface area contributed by atoms with Gasteiger partial charge in [0.05, 0.1) is 6.54 Å². The second-order valence-corrected chi connectivity index (χ2v) is 4.13. The lowest BCUT2D eigenvalue weighted by molar-refractivity contribution is 0.0695. The van der Waals surface area contributed by atoms with E-state index in [4.69, 9.17) is 9.52 Å². The van der Waals surface area contributed by atoms with Gasteiger partial charge in [-0.05, 0) is 24.4 Å². The third-order valence-corrected chi connectivity index (χ3v) is 2.87. The highest BCUT2D eigenvalue weighted by atomic mass is 32.1. The highest BCUT2D eigenvalue weighted by Crippen LogP contribution is 2.17. The first-order valence-corrected chi connectivity index (χ1v) is 5.70. The van der Waals surface area contributed by atoms with E-state index < -0.39 is 5.97 Å². The van der Waals surface area contributed by atoms with Crippen LogP contribution in [0.4, 0.5) is 5.69 Å². The molecule has 0 spiro atoms. The number of hydrogen-bond acceptors (Lipinski definition) is 4. The number of aryl methyl sites for hydroxylation is 1. The predicted octanol–water partition coefficient (Wildman–Crippen LogP) is 2.96. The molecule has 2 rings (SSSR count). The summed E-state index contributed by atoms with van der Waals surface area (Å²) in [6.45, 7) is 2.14. The molecule has 5 heteroatoms. The minimum Gasteiger partial charge on any atom is -0.478 e. The maximum atomic E-state index is 10.8. The van der Waals surface area contributed by atoms with Gasteiger partial charge in [0, 0.05) is 11.1 Å². The first-order valence-electron chi connectivity index (χ1n) is 4.75. The molecular weight excluding hydrogens is 226 g/mol. The zero-order valence-corrected chi connectivity index (χ0v) is 9.50. The van der Waals surface area contributed by atoms with Gasteiger partial charge < -0.3 is 14.8 Å². The third kappa shape index (κ3) is 2.25. The van der Waals surface area contributed by atoms with Gasteiger partial charge in [0.2, 0.25) is 0 Å². The molecule has 2 aromatic rings. The van der Waals surface area contributed by atoms with Crippen LogP contribution < -0.4 is 5.32 Å². The Hall–Kier alpha value is -1.75. The standard InChI is InChI=1S/C11H11NO3S/c1-7-10(11(13)14)4-9(15-7)5-12-8-2-3-16-6-8/h2-4,6,12H,5H2,1H3,(H,13,14). The van der Waals surface area contributed by atoms with Crippen LogP contribution in [0.5, 0.6) is 0 Å². The molecule has 84 valence electrons. The molecule has 0 aromatic carbocycles. The molecule has 2 N–H and O–H groups in total. The molecule has 0 aliphatic rings. The van der Waals surface area contributed by atoms with Gasteiger partial charge in [-0.3, -0.25) is 0 Å². The van der Waals surface area contributed by atoms with E-state index in [0.717, 1.165) is 5.69 Å². The fourth-order valence-electron chi connectivity index (χ4n) is 1.40. The summed E-state index contributed by atoms with van der Waals surface area (Å²) >= 11 is 1.60. The summed E-state index contributed by atoms with van der Waals surface area (Å²) in [6.07, 6.45) is 0. The molecule has 0 saturated carbocycles. The molecule has 4 nitrogen and oxygen atoms in total. The molecule has 0 atom stereocenters. The van der Waals surface area contributed by atoms with Crippen molar-refractivity contribution in [1.82, 2.24) is 0 Å². The van der Waals surface area contributed by atoms with Gasteiger partial charge in [-0.15, -0.1) is 0 Å². The number of thiophene rings is 1. The lowest BCUT2D eigenvalue weighted by Crippen LogP contribution is -1.97. The van der Waals surface area contributed by atoms with Crippen molar-refractivity contribution in [2.75, 3.05) is 5.32 Å². The van der Waals surface area contributed by atoms with Crippen molar-refractivity contribution in [2.45, 2.75) is 13.5 Å². The van der Waals surface area contributed by atoms with Crippen LogP contribution in [0.2, 0.25) is 0 Å². The number of rotatable bonds is 4. The van der Waals surface area contributed by atoms with Crippen molar-refractivity contribution in [3.05, 3.63) is 40.0 Å². The number of nitrogens with one attached hydrogen (secondary N) is 1. The highest BCUT2D eigenvalue weighted by Gasteiger charge is 2.13. The van der Waals surface area contributed by atoms with E-state index in [-0.39, 0.29) is 5.56 Å². The molecular formula is C11H11NO3S. The van der Waals surface area contributed by atoms with Gasteiger partial charge in [-0.2, -0.15) is 11.3 Å². The van der Waals surface area contributed by atoms with E-state index in [2.05, 4.69) is 5.32 Å². The SMILES string of the molecule is Cc1oc(CNc2ccsc2)cc1C(=O)O. The molecule has 0 saturated heterocycles. The Morgan fingerprint density at radius 1 is 1.62 bits per heavy atom. The van der Waals surface area contributed by atoms with Crippen molar-refractivity contribution in [2.24, 2.45) is 0 Å². The molecule has 0 amide bonds. The second kappa shape index (κ2) is 4.40. The van der Waals surface area contributed by atoms with Gasteiger partial charge in [-0.1, -0.05) is 0 Å². The number of carbonyl (C=O) groups is 1. The average Bonchev–Trinajstić information content (AvgIpc) is 2.83. The average molecular weight is 237 g/mol. The Morgan fingerprint density at radius 3 is 3.00 bits per heavy atom. The largest absolute Gasteiger partial charge is 0.478 e. The third-order valence-electron chi connectivity index (χ3n) is 2.19. The van der Waals surface area contributed by atoms with Crippen LogP contribution in [0.3, 0.4) is 0 Å². The number of hydrogen-bond donors (Lipinski definition) is 2. The fraction of sp³-hybridized carbons (Fsp3) is 0.182. The van der Waals surface area contributed by atoms with Gasteiger partial charge in [0.15, 0.2) is 0 Å². The van der Waals surface area contributed by atoms with E-state index in [9.17, 15) is 4.79 Å². The maximum Gasteiger partial charge on any atom is 0.339 e. The first-order chi connectivity index (χ1) is 7.66. The molecule has 2 aromatic heterocycles. The maximum absolute atomic E-state index is 10.8. The quantitative estimate of drug-likeness (QED) is 0.858. The van der Waals surface area contributed by atoms with Crippen LogP contribution in [0.1, 0.15) is 21.9 Å². The minimum atomic E-state index is -0.956. The van der Waals surface area contributed by atoms with Crippen LogP contribution in [-0.2, 0) is 6.54 Å². The van der Waals surface area contributed by atoms with Gasteiger partial charge in [-0.25, -0.2) is 4.79 Å². The monoisotopic (exact) mass is 237 g/mol. The summed E-state index contributed by atoms with van der Waals surface area (Å²) in [4.78, 5) is 10.8. The summed E-state index contributed by atoms with van der Waals surface area (Å²) in [6, 6.07) is 3.51. The van der Waals surface area contributed by atoms with E-state index in [1.165, 1.54) is 0 Å². The fourth-order valence-corrected chi connectivity index (χ4v) is 2.01. The highest BCUT2D eigenvalue weighted by molar-refractivity contribution is 7.08. The molecule has 0 unspecified atom stereocenters. The Balaban J connectivity index is 2.05. The topological polar surface area (TPSA) is 62.5 Å². The Kier molecular flexibility index (Phi) is 2.96. The van der Waals surface area contributed by atoms with E-state index in [0.29, 0.717) is 18.1 Å². The number of carboxylic acid groups (broad SMARTS) is 1. The summed E-state index contributed by atoms with van der Waals surface area (Å²) < 4.78 is 5.33. The molecule has 0 radical (unpaired) electrons. The molecule has 0 aliphatic heterocycles. The lowest BCUT2D eigenvalue weighted by atomic mass is 10.2. The van der Waals surface area contributed by atoms with E-state index in [1.807, 2.05) is 16.8 Å². The van der Waals surface area contributed by atoms with Gasteiger partial charge >= 0.3 is 5.97 Å². The van der Waals surface area contributed by atoms with Crippen LogP contribution in [-0.4, -0.2) is 11.1 Å². The molecule has 16 heavy (non-hydrogen) atoms. The van der Waals surface area contributed by atoms with Crippen molar-refractivity contribution in [3.8, 4) is 0 Å². The number of furan rings is 1. The van der Waals surface area contributed by atoms with Crippen molar-refractivity contribution in [3.63, 3.8) is 0 Å². The van der Waals surface area contributed by atoms with Crippen LogP contribution in [0.15, 0.2) is 27.3 Å². The molecule has 0 aliphatic carbocycles. The lowest BCUT2D eigenvalue weighted by Gasteiger charge is -1.99. The molecule has 0 fully saturated rings. The smallest absolute Gasteiger partial charge is 0.339 e. The van der Waals surface area contributed by atoms with Crippen LogP contribution in [0.25, 0.3) is 0 Å². The van der Waals surface area contributed by atoms with Crippen molar-refractivity contribution in [1.29, 1.82) is 0 Å². The summed E-state index contributed by atoms with van der Waals surface area (Å²) in [5.74, 6) is 0.110. The Labute approximate surface area is 96.5 Å². The first kappa shape index (κ1) is 10.8. The number of carboxylic acids is 1. The van der Waals surface area contributed by atoms with Crippen LogP contribution in [0, 0.1) is 6.92 Å². The van der Waals surface area contributed by atoms with Gasteiger partial charge in [0.25, 0.3) is 0 Å². The normalized spacial score (nSPS) is 10.3. The predicted molar refractivity (Wildman–Crippen MR) is 62.1 cm³/mol. The molecule has 2 heterocycles. The summed E-state index contributed by atoms with van der Waals surface area (Å²) in [5, 5.41) is 15.9.